The van der Waals surface area contributed by atoms with Gasteiger partial charge in [-0.15, -0.1) is 13.2 Å². The first-order chi connectivity index (χ1) is 8.33. The van der Waals surface area contributed by atoms with E-state index in [9.17, 15) is 18.0 Å². The Balaban J connectivity index is 2.91. The fourth-order valence-corrected chi connectivity index (χ4v) is 1.48. The molecule has 0 aromatic heterocycles. The van der Waals surface area contributed by atoms with Crippen molar-refractivity contribution in [1.29, 1.82) is 0 Å². The minimum atomic E-state index is -4.75. The number of nitrogens with one attached hydrogen (secondary N) is 1. The summed E-state index contributed by atoms with van der Waals surface area (Å²) in [5, 5.41) is 2.59. The van der Waals surface area contributed by atoms with Crippen molar-refractivity contribution >= 4 is 5.91 Å². The highest BCUT2D eigenvalue weighted by Gasteiger charge is 2.32. The molecule has 1 atom stereocenters. The van der Waals surface area contributed by atoms with Gasteiger partial charge >= 0.3 is 6.36 Å². The van der Waals surface area contributed by atoms with Gasteiger partial charge in [0.05, 0.1) is 6.04 Å². The lowest BCUT2D eigenvalue weighted by Gasteiger charge is -2.18. The van der Waals surface area contributed by atoms with Gasteiger partial charge in [0.2, 0.25) is 5.91 Å². The molecule has 1 aromatic rings. The Hall–Kier alpha value is -1.72. The molecule has 1 rings (SSSR count). The Morgan fingerprint density at radius 2 is 2.00 bits per heavy atom. The molecule has 6 heteroatoms. The average Bonchev–Trinajstić information content (AvgIpc) is 2.27. The van der Waals surface area contributed by atoms with Crippen LogP contribution in [-0.4, -0.2) is 12.3 Å². The van der Waals surface area contributed by atoms with Crippen LogP contribution < -0.4 is 10.1 Å². The molecule has 0 heterocycles. The van der Waals surface area contributed by atoms with E-state index >= 15 is 0 Å². The van der Waals surface area contributed by atoms with Crippen molar-refractivity contribution in [2.45, 2.75) is 32.7 Å². The van der Waals surface area contributed by atoms with Crippen molar-refractivity contribution in [2.24, 2.45) is 0 Å². The molecule has 3 nitrogen and oxygen atoms in total. The van der Waals surface area contributed by atoms with Gasteiger partial charge in [-0.3, -0.25) is 4.79 Å². The lowest BCUT2D eigenvalue weighted by molar-refractivity contribution is -0.275. The number of para-hydroxylation sites is 1. The van der Waals surface area contributed by atoms with Crippen LogP contribution in [0.5, 0.6) is 5.75 Å². The molecule has 1 aromatic carbocycles. The molecule has 0 radical (unpaired) electrons. The van der Waals surface area contributed by atoms with Crippen molar-refractivity contribution in [1.82, 2.24) is 5.32 Å². The zero-order valence-corrected chi connectivity index (χ0v) is 10.0. The Labute approximate surface area is 103 Å². The molecule has 0 aliphatic carbocycles. The van der Waals surface area contributed by atoms with E-state index in [0.717, 1.165) is 0 Å². The topological polar surface area (TPSA) is 38.3 Å². The molecule has 0 fully saturated rings. The van der Waals surface area contributed by atoms with E-state index in [1.54, 1.807) is 19.9 Å². The third-order valence-electron chi connectivity index (χ3n) is 2.31. The Bertz CT molecular complexity index is 418. The molecular formula is C12H14F3NO2. The van der Waals surface area contributed by atoms with E-state index in [-0.39, 0.29) is 23.6 Å². The summed E-state index contributed by atoms with van der Waals surface area (Å²) in [6.07, 6.45) is -4.47. The van der Waals surface area contributed by atoms with E-state index in [1.165, 1.54) is 18.2 Å². The highest BCUT2D eigenvalue weighted by atomic mass is 19.4. The summed E-state index contributed by atoms with van der Waals surface area (Å²) in [5.41, 5.74) is 0.289. The molecule has 0 saturated heterocycles. The van der Waals surface area contributed by atoms with Crippen LogP contribution in [0.2, 0.25) is 0 Å². The van der Waals surface area contributed by atoms with Crippen molar-refractivity contribution in [3.8, 4) is 5.75 Å². The number of hydrogen-bond donors (Lipinski definition) is 1. The van der Waals surface area contributed by atoms with Crippen LogP contribution >= 0.6 is 0 Å². The summed E-state index contributed by atoms with van der Waals surface area (Å²) < 4.78 is 40.5. The van der Waals surface area contributed by atoms with Gasteiger partial charge in [0, 0.05) is 12.0 Å². The van der Waals surface area contributed by atoms with Crippen LogP contribution in [0.1, 0.15) is 31.9 Å². The zero-order valence-electron chi connectivity index (χ0n) is 10.0. The van der Waals surface area contributed by atoms with Crippen LogP contribution in [0.25, 0.3) is 0 Å². The normalized spacial score (nSPS) is 12.9. The first-order valence-electron chi connectivity index (χ1n) is 5.47. The zero-order chi connectivity index (χ0) is 13.8. The highest BCUT2D eigenvalue weighted by molar-refractivity contribution is 5.76. The number of carbonyl (C=O) groups is 1. The highest BCUT2D eigenvalue weighted by Crippen LogP contribution is 2.29. The number of carbonyl (C=O) groups excluding carboxylic acids is 1. The molecular weight excluding hydrogens is 247 g/mol. The predicted molar refractivity (Wildman–Crippen MR) is 60.0 cm³/mol. The quantitative estimate of drug-likeness (QED) is 0.904. The van der Waals surface area contributed by atoms with Gasteiger partial charge in [0.1, 0.15) is 5.75 Å². The lowest BCUT2D eigenvalue weighted by atomic mass is 10.1. The first-order valence-corrected chi connectivity index (χ1v) is 5.47. The van der Waals surface area contributed by atoms with E-state index in [0.29, 0.717) is 0 Å². The van der Waals surface area contributed by atoms with Gasteiger partial charge in [-0.25, -0.2) is 0 Å². The average molecular weight is 261 g/mol. The second-order valence-electron chi connectivity index (χ2n) is 3.73. The third-order valence-corrected chi connectivity index (χ3v) is 2.31. The van der Waals surface area contributed by atoms with Gasteiger partial charge in [-0.05, 0) is 13.0 Å². The van der Waals surface area contributed by atoms with Gasteiger partial charge in [0.25, 0.3) is 0 Å². The summed E-state index contributed by atoms with van der Waals surface area (Å²) >= 11 is 0. The fraction of sp³-hybridized carbons (Fsp3) is 0.417. The molecule has 0 aliphatic heterocycles. The van der Waals surface area contributed by atoms with Gasteiger partial charge in [-0.2, -0.15) is 0 Å². The largest absolute Gasteiger partial charge is 0.573 e. The number of ether oxygens (including phenoxy) is 1. The molecule has 1 unspecified atom stereocenters. The van der Waals surface area contributed by atoms with Crippen LogP contribution in [0, 0.1) is 0 Å². The summed E-state index contributed by atoms with van der Waals surface area (Å²) in [6.45, 7) is 3.27. The number of hydrogen-bond acceptors (Lipinski definition) is 2. The second kappa shape index (κ2) is 5.75. The smallest absolute Gasteiger partial charge is 0.405 e. The number of amides is 1. The standard InChI is InChI=1S/C12H14F3NO2/c1-3-11(17)16-8(2)9-6-4-5-7-10(9)18-12(13,14)15/h4-8H,3H2,1-2H3,(H,16,17). The second-order valence-corrected chi connectivity index (χ2v) is 3.73. The van der Waals surface area contributed by atoms with E-state index in [1.807, 2.05) is 0 Å². The SMILES string of the molecule is CCC(=O)NC(C)c1ccccc1OC(F)(F)F. The maximum absolute atomic E-state index is 12.2. The number of halogens is 3. The number of benzene rings is 1. The minimum Gasteiger partial charge on any atom is -0.405 e. The molecule has 1 amide bonds. The summed E-state index contributed by atoms with van der Waals surface area (Å²) in [4.78, 5) is 11.2. The summed E-state index contributed by atoms with van der Waals surface area (Å²) in [7, 11) is 0. The maximum atomic E-state index is 12.2. The Kier molecular flexibility index (Phi) is 4.58. The summed E-state index contributed by atoms with van der Waals surface area (Å²) in [5.74, 6) is -0.529. The molecule has 0 saturated carbocycles. The molecule has 1 N–H and O–H groups in total. The van der Waals surface area contributed by atoms with E-state index in [2.05, 4.69) is 10.1 Å². The summed E-state index contributed by atoms with van der Waals surface area (Å²) in [6, 6.07) is 5.20. The first kappa shape index (κ1) is 14.3. The molecule has 18 heavy (non-hydrogen) atoms. The predicted octanol–water partition coefficient (Wildman–Crippen LogP) is 3.17. The van der Waals surface area contributed by atoms with Crippen LogP contribution in [-0.2, 0) is 4.79 Å². The molecule has 0 aliphatic rings. The Morgan fingerprint density at radius 1 is 1.39 bits per heavy atom. The van der Waals surface area contributed by atoms with Crippen molar-refractivity contribution in [2.75, 3.05) is 0 Å². The van der Waals surface area contributed by atoms with Crippen LogP contribution in [0.3, 0.4) is 0 Å². The molecule has 0 spiro atoms. The minimum absolute atomic E-state index is 0.232. The fourth-order valence-electron chi connectivity index (χ4n) is 1.48. The number of alkyl halides is 3. The van der Waals surface area contributed by atoms with Crippen LogP contribution in [0.15, 0.2) is 24.3 Å². The number of rotatable bonds is 4. The maximum Gasteiger partial charge on any atom is 0.573 e. The van der Waals surface area contributed by atoms with E-state index in [4.69, 9.17) is 0 Å². The van der Waals surface area contributed by atoms with Gasteiger partial charge in [-0.1, -0.05) is 25.1 Å². The van der Waals surface area contributed by atoms with Crippen LogP contribution in [0.4, 0.5) is 13.2 Å². The monoisotopic (exact) mass is 261 g/mol. The van der Waals surface area contributed by atoms with Crippen molar-refractivity contribution in [3.05, 3.63) is 29.8 Å². The lowest BCUT2D eigenvalue weighted by Crippen LogP contribution is -2.27. The molecule has 100 valence electrons. The van der Waals surface area contributed by atoms with Gasteiger partial charge < -0.3 is 10.1 Å². The third kappa shape index (κ3) is 4.27. The molecule has 0 bridgehead atoms. The van der Waals surface area contributed by atoms with Crippen molar-refractivity contribution in [3.63, 3.8) is 0 Å². The van der Waals surface area contributed by atoms with E-state index < -0.39 is 12.4 Å². The Morgan fingerprint density at radius 3 is 2.56 bits per heavy atom. The van der Waals surface area contributed by atoms with Crippen molar-refractivity contribution < 1.29 is 22.7 Å². The van der Waals surface area contributed by atoms with Gasteiger partial charge in [0.15, 0.2) is 0 Å².